The van der Waals surface area contributed by atoms with E-state index in [0.29, 0.717) is 18.2 Å². The zero-order valence-corrected chi connectivity index (χ0v) is 21.3. The average molecular weight is 576 g/mol. The van der Waals surface area contributed by atoms with Gasteiger partial charge in [-0.3, -0.25) is 4.79 Å². The summed E-state index contributed by atoms with van der Waals surface area (Å²) in [5.41, 5.74) is 4.43. The van der Waals surface area contributed by atoms with E-state index in [1.54, 1.807) is 26.3 Å². The molecule has 33 heavy (non-hydrogen) atoms. The molecule has 8 nitrogen and oxygen atoms in total. The summed E-state index contributed by atoms with van der Waals surface area (Å²) >= 11 is 3.60. The minimum absolute atomic E-state index is 0.225. The van der Waals surface area contributed by atoms with Gasteiger partial charge in [0.05, 0.1) is 25.1 Å². The van der Waals surface area contributed by atoms with Gasteiger partial charge in [0.25, 0.3) is 5.91 Å². The van der Waals surface area contributed by atoms with Crippen LogP contribution in [-0.4, -0.2) is 39.2 Å². The number of amides is 1. The van der Waals surface area contributed by atoms with Crippen LogP contribution in [0.15, 0.2) is 71.4 Å². The lowest BCUT2D eigenvalue weighted by Gasteiger charge is -2.12. The van der Waals surface area contributed by atoms with Gasteiger partial charge < -0.3 is 14.6 Å². The minimum atomic E-state index is -0.414. The number of benzene rings is 2. The lowest BCUT2D eigenvalue weighted by atomic mass is 10.2. The number of nitrogens with one attached hydrogen (secondary N) is 2. The predicted molar refractivity (Wildman–Crippen MR) is 141 cm³/mol. The average Bonchev–Trinajstić information content (AvgIpc) is 3.20. The van der Waals surface area contributed by atoms with Gasteiger partial charge in [-0.25, -0.2) is 5.43 Å². The zero-order chi connectivity index (χ0) is 23.6. The van der Waals surface area contributed by atoms with Crippen molar-refractivity contribution in [2.45, 2.75) is 30.4 Å². The summed E-state index contributed by atoms with van der Waals surface area (Å²) in [6, 6.07) is 15.5. The molecule has 0 aliphatic carbocycles. The van der Waals surface area contributed by atoms with Crippen LogP contribution in [0.25, 0.3) is 0 Å². The molecule has 172 valence electrons. The van der Waals surface area contributed by atoms with Crippen molar-refractivity contribution in [2.24, 2.45) is 5.10 Å². The fraction of sp³-hybridized carbons (Fsp3) is 0.217. The molecule has 3 rings (SSSR count). The van der Waals surface area contributed by atoms with Crippen LogP contribution in [-0.2, 0) is 17.9 Å². The van der Waals surface area contributed by atoms with E-state index >= 15 is 0 Å². The molecule has 0 saturated carbocycles. The number of nitrogens with zero attached hydrogens (tertiary/aromatic N) is 4. The summed E-state index contributed by atoms with van der Waals surface area (Å²) in [5.74, 6) is 1.30. The summed E-state index contributed by atoms with van der Waals surface area (Å²) in [6.07, 6.45) is 3.37. The Morgan fingerprint density at radius 1 is 1.24 bits per heavy atom. The first-order valence-corrected chi connectivity index (χ1v) is 12.1. The number of allylic oxidation sites excluding steroid dienone is 1. The van der Waals surface area contributed by atoms with E-state index in [0.717, 1.165) is 22.8 Å². The number of carbonyl (C=O) groups excluding carboxylic acids is 1. The second kappa shape index (κ2) is 12.4. The van der Waals surface area contributed by atoms with Gasteiger partial charge in [0.2, 0.25) is 0 Å². The van der Waals surface area contributed by atoms with E-state index in [-0.39, 0.29) is 5.91 Å². The van der Waals surface area contributed by atoms with Crippen molar-refractivity contribution in [3.05, 3.63) is 76.1 Å². The highest BCUT2D eigenvalue weighted by Gasteiger charge is 2.19. The summed E-state index contributed by atoms with van der Waals surface area (Å²) in [7, 11) is 1.61. The molecule has 0 aliphatic rings. The molecule has 1 unspecified atom stereocenters. The standard InChI is InChI=1S/C23H25IN6O2S/c1-4-13-30-21(15-25-19-9-7-18(24)8-10-19)27-29-23(30)33-16(2)22(31)28-26-14-17-5-11-20(32-3)12-6-17/h4-12,14,16,25H,1,13,15H2,2-3H3,(H,28,31)/b26-14+. The monoisotopic (exact) mass is 576 g/mol. The number of hydrazone groups is 1. The first-order valence-electron chi connectivity index (χ1n) is 10.2. The first-order chi connectivity index (χ1) is 16.0. The van der Waals surface area contributed by atoms with Crippen LogP contribution in [0.5, 0.6) is 5.75 Å². The van der Waals surface area contributed by atoms with Crippen LogP contribution < -0.4 is 15.5 Å². The molecule has 2 N–H and O–H groups in total. The van der Waals surface area contributed by atoms with E-state index in [4.69, 9.17) is 4.74 Å². The van der Waals surface area contributed by atoms with Gasteiger partial charge in [-0.15, -0.1) is 16.8 Å². The van der Waals surface area contributed by atoms with Gasteiger partial charge in [0.15, 0.2) is 11.0 Å². The van der Waals surface area contributed by atoms with E-state index < -0.39 is 5.25 Å². The molecule has 1 amide bonds. The van der Waals surface area contributed by atoms with Crippen LogP contribution in [0.3, 0.4) is 0 Å². The molecule has 0 aliphatic heterocycles. The van der Waals surface area contributed by atoms with Gasteiger partial charge in [-0.1, -0.05) is 17.8 Å². The number of hydrogen-bond donors (Lipinski definition) is 2. The molecule has 0 bridgehead atoms. The molecular formula is C23H25IN6O2S. The molecule has 10 heteroatoms. The molecule has 0 spiro atoms. The van der Waals surface area contributed by atoms with Crippen molar-refractivity contribution in [3.8, 4) is 5.75 Å². The third-order valence-electron chi connectivity index (χ3n) is 4.56. The molecular weight excluding hydrogens is 551 g/mol. The van der Waals surface area contributed by atoms with Crippen LogP contribution in [0.2, 0.25) is 0 Å². The molecule has 3 aromatic rings. The van der Waals surface area contributed by atoms with Crippen molar-refractivity contribution in [1.82, 2.24) is 20.2 Å². The molecule has 1 atom stereocenters. The maximum atomic E-state index is 12.5. The van der Waals surface area contributed by atoms with Gasteiger partial charge in [-0.2, -0.15) is 5.10 Å². The lowest BCUT2D eigenvalue weighted by Crippen LogP contribution is -2.27. The van der Waals surface area contributed by atoms with Crippen LogP contribution in [0, 0.1) is 3.57 Å². The van der Waals surface area contributed by atoms with E-state index in [2.05, 4.69) is 55.2 Å². The van der Waals surface area contributed by atoms with E-state index in [9.17, 15) is 4.79 Å². The highest BCUT2D eigenvalue weighted by Crippen LogP contribution is 2.23. The molecule has 1 aromatic heterocycles. The summed E-state index contributed by atoms with van der Waals surface area (Å²) < 4.78 is 8.25. The molecule has 0 saturated heterocycles. The van der Waals surface area contributed by atoms with Crippen LogP contribution in [0.1, 0.15) is 18.3 Å². The molecule has 2 aromatic carbocycles. The Hall–Kier alpha value is -2.86. The lowest BCUT2D eigenvalue weighted by molar-refractivity contribution is -0.120. The largest absolute Gasteiger partial charge is 0.497 e. The Balaban J connectivity index is 1.58. The van der Waals surface area contributed by atoms with Crippen molar-refractivity contribution >= 4 is 52.2 Å². The first kappa shape index (κ1) is 24.8. The van der Waals surface area contributed by atoms with Crippen molar-refractivity contribution < 1.29 is 9.53 Å². The van der Waals surface area contributed by atoms with Crippen molar-refractivity contribution in [3.63, 3.8) is 0 Å². The Bertz CT molecular complexity index is 1100. The smallest absolute Gasteiger partial charge is 0.253 e. The molecule has 1 heterocycles. The third-order valence-corrected chi connectivity index (χ3v) is 6.36. The maximum Gasteiger partial charge on any atom is 0.253 e. The number of thioether (sulfide) groups is 1. The Labute approximate surface area is 211 Å². The van der Waals surface area contributed by atoms with Crippen LogP contribution >= 0.6 is 34.4 Å². The Morgan fingerprint density at radius 2 is 1.97 bits per heavy atom. The summed E-state index contributed by atoms with van der Waals surface area (Å²) in [6.45, 7) is 6.69. The quantitative estimate of drug-likeness (QED) is 0.116. The number of halogens is 1. The van der Waals surface area contributed by atoms with Crippen LogP contribution in [0.4, 0.5) is 5.69 Å². The third kappa shape index (κ3) is 7.32. The SMILES string of the molecule is C=CCn1c(CNc2ccc(I)cc2)nnc1SC(C)C(=O)N/N=C/c1ccc(OC)cc1. The number of anilines is 1. The van der Waals surface area contributed by atoms with Gasteiger partial charge >= 0.3 is 0 Å². The van der Waals surface area contributed by atoms with Gasteiger partial charge in [0, 0.05) is 15.8 Å². The zero-order valence-electron chi connectivity index (χ0n) is 18.4. The molecule has 0 fully saturated rings. The highest BCUT2D eigenvalue weighted by molar-refractivity contribution is 14.1. The fourth-order valence-corrected chi connectivity index (χ4v) is 3.99. The maximum absolute atomic E-state index is 12.5. The Morgan fingerprint density at radius 3 is 2.64 bits per heavy atom. The second-order valence-corrected chi connectivity index (χ2v) is 9.48. The molecule has 0 radical (unpaired) electrons. The number of aromatic nitrogens is 3. The van der Waals surface area contributed by atoms with Gasteiger partial charge in [0.1, 0.15) is 5.75 Å². The topological polar surface area (TPSA) is 93.4 Å². The Kier molecular flexibility index (Phi) is 9.31. The normalized spacial score (nSPS) is 11.8. The fourth-order valence-electron chi connectivity index (χ4n) is 2.76. The summed E-state index contributed by atoms with van der Waals surface area (Å²) in [5, 5.41) is 16.2. The highest BCUT2D eigenvalue weighted by atomic mass is 127. The summed E-state index contributed by atoms with van der Waals surface area (Å²) in [4.78, 5) is 12.5. The minimum Gasteiger partial charge on any atom is -0.497 e. The van der Waals surface area contributed by atoms with Crippen molar-refractivity contribution in [1.29, 1.82) is 0 Å². The van der Waals surface area contributed by atoms with E-state index in [1.165, 1.54) is 15.3 Å². The second-order valence-electron chi connectivity index (χ2n) is 6.93. The number of methoxy groups -OCH3 is 1. The number of hydrogen-bond acceptors (Lipinski definition) is 7. The number of carbonyl (C=O) groups is 1. The van der Waals surface area contributed by atoms with Gasteiger partial charge in [-0.05, 0) is 83.6 Å². The van der Waals surface area contributed by atoms with Crippen molar-refractivity contribution in [2.75, 3.05) is 12.4 Å². The predicted octanol–water partition coefficient (Wildman–Crippen LogP) is 4.32. The number of rotatable bonds is 11. The van der Waals surface area contributed by atoms with E-state index in [1.807, 2.05) is 53.1 Å². The number of ether oxygens (including phenoxy) is 1.